The standard InChI is InChI=1S/C20H33BrO2/c1-3-5-7-9-11-15-22-18-13-14-20(19(21)17-18)23-16-12-10-8-6-4-2/h13-14,17H,3-12,15-16H2,1-2H3. The monoisotopic (exact) mass is 384 g/mol. The van der Waals surface area contributed by atoms with Crippen molar-refractivity contribution in [1.29, 1.82) is 0 Å². The van der Waals surface area contributed by atoms with Crippen molar-refractivity contribution < 1.29 is 9.47 Å². The maximum atomic E-state index is 5.84. The number of benzene rings is 1. The van der Waals surface area contributed by atoms with Gasteiger partial charge in [0.2, 0.25) is 0 Å². The topological polar surface area (TPSA) is 18.5 Å². The van der Waals surface area contributed by atoms with Gasteiger partial charge in [-0.3, -0.25) is 0 Å². The highest BCUT2D eigenvalue weighted by Gasteiger charge is 2.04. The second-order valence-corrected chi connectivity index (χ2v) is 6.97. The molecule has 2 nitrogen and oxygen atoms in total. The number of rotatable bonds is 14. The van der Waals surface area contributed by atoms with E-state index in [2.05, 4.69) is 29.8 Å². The van der Waals surface area contributed by atoms with Gasteiger partial charge in [-0.25, -0.2) is 0 Å². The fourth-order valence-corrected chi connectivity index (χ4v) is 2.94. The van der Waals surface area contributed by atoms with Crippen molar-refractivity contribution in [3.05, 3.63) is 22.7 Å². The number of hydrogen-bond acceptors (Lipinski definition) is 2. The van der Waals surface area contributed by atoms with Crippen LogP contribution in [0.3, 0.4) is 0 Å². The van der Waals surface area contributed by atoms with Crippen LogP contribution in [-0.2, 0) is 0 Å². The first-order valence-corrected chi connectivity index (χ1v) is 10.1. The molecular formula is C20H33BrO2. The first kappa shape index (κ1) is 20.3. The number of unbranched alkanes of at least 4 members (excludes halogenated alkanes) is 8. The maximum absolute atomic E-state index is 5.84. The normalized spacial score (nSPS) is 10.7. The Morgan fingerprint density at radius 1 is 0.739 bits per heavy atom. The Balaban J connectivity index is 2.20. The molecule has 0 atom stereocenters. The lowest BCUT2D eigenvalue weighted by Gasteiger charge is -2.11. The van der Waals surface area contributed by atoms with Gasteiger partial charge in [0.25, 0.3) is 0 Å². The molecule has 3 heteroatoms. The maximum Gasteiger partial charge on any atom is 0.133 e. The summed E-state index contributed by atoms with van der Waals surface area (Å²) in [6.07, 6.45) is 12.6. The van der Waals surface area contributed by atoms with Crippen molar-refractivity contribution >= 4 is 15.9 Å². The van der Waals surface area contributed by atoms with E-state index in [1.807, 2.05) is 18.2 Å². The summed E-state index contributed by atoms with van der Waals surface area (Å²) in [5.74, 6) is 1.83. The molecule has 1 aromatic rings. The number of hydrogen-bond donors (Lipinski definition) is 0. The van der Waals surface area contributed by atoms with Crippen LogP contribution in [0.15, 0.2) is 22.7 Å². The third kappa shape index (κ3) is 9.91. The Morgan fingerprint density at radius 3 is 1.87 bits per heavy atom. The summed E-state index contributed by atoms with van der Waals surface area (Å²) in [5, 5.41) is 0. The highest BCUT2D eigenvalue weighted by Crippen LogP contribution is 2.29. The molecule has 0 aliphatic rings. The molecule has 0 saturated carbocycles. The van der Waals surface area contributed by atoms with E-state index in [1.165, 1.54) is 51.4 Å². The predicted molar refractivity (Wildman–Crippen MR) is 103 cm³/mol. The molecule has 0 aliphatic carbocycles. The van der Waals surface area contributed by atoms with E-state index in [9.17, 15) is 0 Å². The molecule has 0 unspecified atom stereocenters. The molecule has 1 rings (SSSR count). The quantitative estimate of drug-likeness (QED) is 0.317. The fraction of sp³-hybridized carbons (Fsp3) is 0.700. The summed E-state index contributed by atoms with van der Waals surface area (Å²) in [5.41, 5.74) is 0. The first-order valence-electron chi connectivity index (χ1n) is 9.33. The number of ether oxygens (including phenoxy) is 2. The van der Waals surface area contributed by atoms with E-state index < -0.39 is 0 Å². The van der Waals surface area contributed by atoms with E-state index >= 15 is 0 Å². The van der Waals surface area contributed by atoms with Crippen LogP contribution in [0.2, 0.25) is 0 Å². The fourth-order valence-electron chi connectivity index (χ4n) is 2.47. The average Bonchev–Trinajstić information content (AvgIpc) is 2.55. The predicted octanol–water partition coefficient (Wildman–Crippen LogP) is 7.15. The summed E-state index contributed by atoms with van der Waals surface area (Å²) >= 11 is 3.58. The van der Waals surface area contributed by atoms with E-state index in [0.717, 1.165) is 42.0 Å². The van der Waals surface area contributed by atoms with Crippen molar-refractivity contribution in [1.82, 2.24) is 0 Å². The van der Waals surface area contributed by atoms with E-state index in [0.29, 0.717) is 0 Å². The Bertz CT molecular complexity index is 407. The van der Waals surface area contributed by atoms with Gasteiger partial charge >= 0.3 is 0 Å². The minimum absolute atomic E-state index is 0.792. The number of halogens is 1. The Kier molecular flexibility index (Phi) is 12.1. The van der Waals surface area contributed by atoms with Gasteiger partial charge in [0.1, 0.15) is 11.5 Å². The van der Waals surface area contributed by atoms with E-state index in [4.69, 9.17) is 9.47 Å². The first-order chi connectivity index (χ1) is 11.3. The summed E-state index contributed by atoms with van der Waals surface area (Å²) in [4.78, 5) is 0. The summed E-state index contributed by atoms with van der Waals surface area (Å²) < 4.78 is 12.6. The van der Waals surface area contributed by atoms with Crippen LogP contribution < -0.4 is 9.47 Å². The zero-order valence-corrected chi connectivity index (χ0v) is 16.5. The molecule has 0 bridgehead atoms. The van der Waals surface area contributed by atoms with Gasteiger partial charge in [0.15, 0.2) is 0 Å². The van der Waals surface area contributed by atoms with Crippen LogP contribution in [0, 0.1) is 0 Å². The van der Waals surface area contributed by atoms with Crippen molar-refractivity contribution in [2.75, 3.05) is 13.2 Å². The smallest absolute Gasteiger partial charge is 0.133 e. The molecule has 0 amide bonds. The van der Waals surface area contributed by atoms with Gasteiger partial charge in [-0.2, -0.15) is 0 Å². The van der Waals surface area contributed by atoms with Gasteiger partial charge in [-0.15, -0.1) is 0 Å². The van der Waals surface area contributed by atoms with Gasteiger partial charge < -0.3 is 9.47 Å². The van der Waals surface area contributed by atoms with Crippen molar-refractivity contribution in [3.63, 3.8) is 0 Å². The average molecular weight is 385 g/mol. The molecule has 0 spiro atoms. The van der Waals surface area contributed by atoms with Crippen LogP contribution in [0.1, 0.15) is 78.1 Å². The van der Waals surface area contributed by atoms with Crippen LogP contribution in [-0.4, -0.2) is 13.2 Å². The summed E-state index contributed by atoms with van der Waals surface area (Å²) in [6, 6.07) is 6.02. The molecule has 132 valence electrons. The van der Waals surface area contributed by atoms with Crippen molar-refractivity contribution in [2.45, 2.75) is 78.1 Å². The Morgan fingerprint density at radius 2 is 1.30 bits per heavy atom. The molecule has 23 heavy (non-hydrogen) atoms. The zero-order valence-electron chi connectivity index (χ0n) is 14.9. The molecule has 0 heterocycles. The highest BCUT2D eigenvalue weighted by atomic mass is 79.9. The van der Waals surface area contributed by atoms with Crippen LogP contribution in [0.4, 0.5) is 0 Å². The lowest BCUT2D eigenvalue weighted by Crippen LogP contribution is -2.00. The lowest BCUT2D eigenvalue weighted by atomic mass is 10.2. The minimum atomic E-state index is 0.792. The molecule has 0 saturated heterocycles. The SMILES string of the molecule is CCCCCCCOc1ccc(OCCCCCCC)c(Br)c1. The van der Waals surface area contributed by atoms with Gasteiger partial charge in [0.05, 0.1) is 17.7 Å². The molecule has 0 aromatic heterocycles. The molecular weight excluding hydrogens is 352 g/mol. The summed E-state index contributed by atoms with van der Waals surface area (Å²) in [6.45, 7) is 6.07. The van der Waals surface area contributed by atoms with Gasteiger partial charge in [0, 0.05) is 0 Å². The van der Waals surface area contributed by atoms with Gasteiger partial charge in [-0.05, 0) is 47.0 Å². The van der Waals surface area contributed by atoms with Crippen LogP contribution >= 0.6 is 15.9 Å². The van der Waals surface area contributed by atoms with Crippen LogP contribution in [0.5, 0.6) is 11.5 Å². The van der Waals surface area contributed by atoms with Gasteiger partial charge in [-0.1, -0.05) is 65.2 Å². The third-order valence-corrected chi connectivity index (χ3v) is 4.55. The molecule has 0 N–H and O–H groups in total. The Hall–Kier alpha value is -0.700. The third-order valence-electron chi connectivity index (χ3n) is 3.93. The highest BCUT2D eigenvalue weighted by molar-refractivity contribution is 9.10. The minimum Gasteiger partial charge on any atom is -0.494 e. The second kappa shape index (κ2) is 13.7. The largest absolute Gasteiger partial charge is 0.494 e. The molecule has 0 radical (unpaired) electrons. The van der Waals surface area contributed by atoms with Crippen molar-refractivity contribution in [3.8, 4) is 11.5 Å². The summed E-state index contributed by atoms with van der Waals surface area (Å²) in [7, 11) is 0. The lowest BCUT2D eigenvalue weighted by molar-refractivity contribution is 0.295. The zero-order chi connectivity index (χ0) is 16.8. The Labute approximate surface area is 151 Å². The van der Waals surface area contributed by atoms with Crippen molar-refractivity contribution in [2.24, 2.45) is 0 Å². The van der Waals surface area contributed by atoms with E-state index in [-0.39, 0.29) is 0 Å². The van der Waals surface area contributed by atoms with E-state index in [1.54, 1.807) is 0 Å². The van der Waals surface area contributed by atoms with Crippen LogP contribution in [0.25, 0.3) is 0 Å². The molecule has 0 aliphatic heterocycles. The molecule has 1 aromatic carbocycles. The molecule has 0 fully saturated rings. The second-order valence-electron chi connectivity index (χ2n) is 6.12.